The van der Waals surface area contributed by atoms with Crippen LogP contribution in [0.2, 0.25) is 0 Å². The molecule has 102 valence electrons. The van der Waals surface area contributed by atoms with E-state index in [9.17, 15) is 13.2 Å². The van der Waals surface area contributed by atoms with Gasteiger partial charge >= 0.3 is 6.18 Å². The number of ether oxygens (including phenoxy) is 2. The van der Waals surface area contributed by atoms with Gasteiger partial charge < -0.3 is 9.47 Å². The highest BCUT2D eigenvalue weighted by atomic mass is 19.4. The van der Waals surface area contributed by atoms with Crippen molar-refractivity contribution in [2.45, 2.75) is 26.9 Å². The largest absolute Gasteiger partial charge is 0.468 e. The highest BCUT2D eigenvalue weighted by Gasteiger charge is 2.30. The molecule has 0 spiro atoms. The van der Waals surface area contributed by atoms with Crippen LogP contribution in [-0.2, 0) is 10.9 Å². The molecular weight excluding hydrogens is 245 g/mol. The summed E-state index contributed by atoms with van der Waals surface area (Å²) in [7, 11) is 0. The predicted octanol–water partition coefficient (Wildman–Crippen LogP) is 4.10. The van der Waals surface area contributed by atoms with E-state index in [4.69, 9.17) is 9.47 Å². The van der Waals surface area contributed by atoms with Gasteiger partial charge in [-0.2, -0.15) is 13.2 Å². The number of rotatable bonds is 4. The molecule has 0 heterocycles. The molecule has 0 amide bonds. The second-order valence-electron chi connectivity index (χ2n) is 5.20. The molecule has 2 nitrogen and oxygen atoms in total. The molecule has 0 fully saturated rings. The Kier molecular flexibility index (Phi) is 4.62. The lowest BCUT2D eigenvalue weighted by Crippen LogP contribution is -2.17. The first kappa shape index (κ1) is 14.8. The summed E-state index contributed by atoms with van der Waals surface area (Å²) < 4.78 is 47.6. The van der Waals surface area contributed by atoms with E-state index < -0.39 is 11.7 Å². The first-order valence-corrected chi connectivity index (χ1v) is 5.56. The summed E-state index contributed by atoms with van der Waals surface area (Å²) in [4.78, 5) is 0. The van der Waals surface area contributed by atoms with Crippen molar-refractivity contribution in [2.75, 3.05) is 13.4 Å². The van der Waals surface area contributed by atoms with Gasteiger partial charge in [0, 0.05) is 0 Å². The summed E-state index contributed by atoms with van der Waals surface area (Å²) in [6, 6.07) is 4.74. The highest BCUT2D eigenvalue weighted by molar-refractivity contribution is 5.30. The lowest BCUT2D eigenvalue weighted by atomic mass is 9.99. The summed E-state index contributed by atoms with van der Waals surface area (Å²) in [5.41, 5.74) is -0.729. The van der Waals surface area contributed by atoms with Crippen molar-refractivity contribution < 1.29 is 22.6 Å². The molecule has 0 atom stereocenters. The molecular formula is C13H17F3O2. The highest BCUT2D eigenvalue weighted by Crippen LogP contribution is 2.31. The average molecular weight is 262 g/mol. The van der Waals surface area contributed by atoms with Crippen molar-refractivity contribution >= 4 is 0 Å². The fourth-order valence-electron chi connectivity index (χ4n) is 1.22. The first-order chi connectivity index (χ1) is 8.18. The second kappa shape index (κ2) is 5.61. The normalized spacial score (nSPS) is 12.6. The van der Waals surface area contributed by atoms with Crippen molar-refractivity contribution in [3.8, 4) is 5.75 Å². The summed E-state index contributed by atoms with van der Waals surface area (Å²) in [5, 5.41) is 0. The van der Waals surface area contributed by atoms with Crippen LogP contribution in [0, 0.1) is 5.41 Å². The van der Waals surface area contributed by atoms with Crippen LogP contribution in [0.4, 0.5) is 13.2 Å². The fourth-order valence-corrected chi connectivity index (χ4v) is 1.22. The fraction of sp³-hybridized carbons (Fsp3) is 0.538. The summed E-state index contributed by atoms with van der Waals surface area (Å²) >= 11 is 0. The van der Waals surface area contributed by atoms with Crippen molar-refractivity contribution in [3.63, 3.8) is 0 Å². The van der Waals surface area contributed by atoms with Crippen molar-refractivity contribution in [1.29, 1.82) is 0 Å². The molecule has 0 saturated carbocycles. The van der Waals surface area contributed by atoms with Crippen LogP contribution in [0.25, 0.3) is 0 Å². The molecule has 0 unspecified atom stereocenters. The Bertz CT molecular complexity index is 381. The van der Waals surface area contributed by atoms with E-state index in [1.54, 1.807) is 0 Å². The smallest absolute Gasteiger partial charge is 0.416 e. The van der Waals surface area contributed by atoms with Gasteiger partial charge in [0.2, 0.25) is 0 Å². The van der Waals surface area contributed by atoms with Gasteiger partial charge in [0.1, 0.15) is 5.75 Å². The Hall–Kier alpha value is -1.23. The van der Waals surface area contributed by atoms with Crippen molar-refractivity contribution in [2.24, 2.45) is 5.41 Å². The summed E-state index contributed by atoms with van der Waals surface area (Å²) in [6.07, 6.45) is -4.36. The molecule has 0 bridgehead atoms. The maximum atomic E-state index is 12.4. The molecule has 1 aromatic rings. The van der Waals surface area contributed by atoms with Crippen LogP contribution >= 0.6 is 0 Å². The molecule has 0 aliphatic rings. The van der Waals surface area contributed by atoms with E-state index in [1.165, 1.54) is 12.1 Å². The summed E-state index contributed by atoms with van der Waals surface area (Å²) in [6.45, 7) is 6.41. The molecule has 1 rings (SSSR count). The van der Waals surface area contributed by atoms with Gasteiger partial charge in [-0.1, -0.05) is 26.8 Å². The van der Waals surface area contributed by atoms with Crippen LogP contribution < -0.4 is 4.74 Å². The number of hydrogen-bond donors (Lipinski definition) is 0. The third kappa shape index (κ3) is 5.40. The SMILES string of the molecule is CC(C)(C)COCOc1cccc(C(F)(F)F)c1. The lowest BCUT2D eigenvalue weighted by Gasteiger charge is -2.18. The number of hydrogen-bond acceptors (Lipinski definition) is 2. The van der Waals surface area contributed by atoms with Gasteiger partial charge in [-0.15, -0.1) is 0 Å². The van der Waals surface area contributed by atoms with Gasteiger partial charge in [0.05, 0.1) is 12.2 Å². The van der Waals surface area contributed by atoms with Crippen molar-refractivity contribution in [3.05, 3.63) is 29.8 Å². The molecule has 0 aliphatic carbocycles. The number of benzene rings is 1. The van der Waals surface area contributed by atoms with E-state index in [1.807, 2.05) is 20.8 Å². The molecule has 0 aromatic heterocycles. The topological polar surface area (TPSA) is 18.5 Å². The number of alkyl halides is 3. The van der Waals surface area contributed by atoms with Crippen LogP contribution in [0.5, 0.6) is 5.75 Å². The van der Waals surface area contributed by atoms with Gasteiger partial charge in [-0.25, -0.2) is 0 Å². The maximum absolute atomic E-state index is 12.4. The predicted molar refractivity (Wildman–Crippen MR) is 62.3 cm³/mol. The molecule has 0 radical (unpaired) electrons. The van der Waals surface area contributed by atoms with Gasteiger partial charge in [0.15, 0.2) is 6.79 Å². The summed E-state index contributed by atoms with van der Waals surface area (Å²) in [5.74, 6) is 0.152. The minimum atomic E-state index is -4.36. The van der Waals surface area contributed by atoms with E-state index in [0.29, 0.717) is 6.61 Å². The zero-order valence-electron chi connectivity index (χ0n) is 10.7. The lowest BCUT2D eigenvalue weighted by molar-refractivity contribution is -0.137. The second-order valence-corrected chi connectivity index (χ2v) is 5.20. The standard InChI is InChI=1S/C13H17F3O2/c1-12(2,3)8-17-9-18-11-6-4-5-10(7-11)13(14,15)16/h4-7H,8-9H2,1-3H3. The van der Waals surface area contributed by atoms with E-state index in [-0.39, 0.29) is 18.0 Å². The molecule has 0 saturated heterocycles. The van der Waals surface area contributed by atoms with Gasteiger partial charge in [-0.3, -0.25) is 0 Å². The Balaban J connectivity index is 2.49. The quantitative estimate of drug-likeness (QED) is 0.600. The Morgan fingerprint density at radius 3 is 2.33 bits per heavy atom. The number of halogens is 3. The van der Waals surface area contributed by atoms with Crippen LogP contribution in [0.15, 0.2) is 24.3 Å². The molecule has 1 aromatic carbocycles. The van der Waals surface area contributed by atoms with Gasteiger partial charge in [-0.05, 0) is 23.6 Å². The molecule has 0 N–H and O–H groups in total. The van der Waals surface area contributed by atoms with E-state index in [0.717, 1.165) is 12.1 Å². The van der Waals surface area contributed by atoms with Crippen LogP contribution in [0.3, 0.4) is 0 Å². The Morgan fingerprint density at radius 2 is 1.78 bits per heavy atom. The monoisotopic (exact) mass is 262 g/mol. The van der Waals surface area contributed by atoms with E-state index >= 15 is 0 Å². The zero-order chi connectivity index (χ0) is 13.8. The average Bonchev–Trinajstić information content (AvgIpc) is 2.22. The van der Waals surface area contributed by atoms with Crippen molar-refractivity contribution in [1.82, 2.24) is 0 Å². The first-order valence-electron chi connectivity index (χ1n) is 5.56. The van der Waals surface area contributed by atoms with E-state index in [2.05, 4.69) is 0 Å². The van der Waals surface area contributed by atoms with Crippen LogP contribution in [0.1, 0.15) is 26.3 Å². The Morgan fingerprint density at radius 1 is 1.11 bits per heavy atom. The molecule has 5 heteroatoms. The Labute approximate surface area is 105 Å². The van der Waals surface area contributed by atoms with Gasteiger partial charge in [0.25, 0.3) is 0 Å². The third-order valence-electron chi connectivity index (χ3n) is 2.01. The minimum Gasteiger partial charge on any atom is -0.468 e. The zero-order valence-corrected chi connectivity index (χ0v) is 10.7. The van der Waals surface area contributed by atoms with Crippen LogP contribution in [-0.4, -0.2) is 13.4 Å². The molecule has 0 aliphatic heterocycles. The minimum absolute atomic E-state index is 0.00280. The maximum Gasteiger partial charge on any atom is 0.416 e. The third-order valence-corrected chi connectivity index (χ3v) is 2.01. The molecule has 18 heavy (non-hydrogen) atoms.